The van der Waals surface area contributed by atoms with Gasteiger partial charge < -0.3 is 0 Å². The Morgan fingerprint density at radius 2 is 0.636 bits per heavy atom. The molecule has 0 bridgehead atoms. The van der Waals surface area contributed by atoms with Crippen molar-refractivity contribution in [3.63, 3.8) is 0 Å². The normalized spacial score (nSPS) is 11.6. The van der Waals surface area contributed by atoms with Crippen LogP contribution in [0.15, 0.2) is 170 Å². The van der Waals surface area contributed by atoms with Crippen molar-refractivity contribution in [3.8, 4) is 44.5 Å². The third kappa shape index (κ3) is 4.00. The summed E-state index contributed by atoms with van der Waals surface area (Å²) in [5, 5.41) is 10.4. The van der Waals surface area contributed by atoms with Crippen LogP contribution in [0.1, 0.15) is 0 Å². The van der Waals surface area contributed by atoms with Gasteiger partial charge >= 0.3 is 0 Å². The number of fused-ring (bicyclic) bond motifs is 1. The predicted molar refractivity (Wildman–Crippen MR) is 189 cm³/mol. The number of rotatable bonds is 4. The molecule has 0 atom stereocenters. The molecule has 0 saturated carbocycles. The summed E-state index contributed by atoms with van der Waals surface area (Å²) in [6.07, 6.45) is 0. The van der Waals surface area contributed by atoms with E-state index in [2.05, 4.69) is 170 Å². The van der Waals surface area contributed by atoms with E-state index in [1.165, 1.54) is 87.6 Å². The van der Waals surface area contributed by atoms with Gasteiger partial charge in [-0.3, -0.25) is 0 Å². The van der Waals surface area contributed by atoms with Gasteiger partial charge in [-0.1, -0.05) is 140 Å². The summed E-state index contributed by atoms with van der Waals surface area (Å²) in [5.41, 5.74) is 9.88. The van der Waals surface area contributed by atoms with Gasteiger partial charge in [0.1, 0.15) is 0 Å². The second-order valence-electron chi connectivity index (χ2n) is 11.7. The largest absolute Gasteiger partial charge is 0.0622 e. The summed E-state index contributed by atoms with van der Waals surface area (Å²) in [7, 11) is 0. The van der Waals surface area contributed by atoms with Gasteiger partial charge in [-0.25, -0.2) is 0 Å². The van der Waals surface area contributed by atoms with Crippen LogP contribution in [0.2, 0.25) is 0 Å². The third-order valence-electron chi connectivity index (χ3n) is 9.16. The van der Waals surface area contributed by atoms with Crippen LogP contribution in [-0.4, -0.2) is 0 Å². The number of benzene rings is 9. The monoisotopic (exact) mass is 556 g/mol. The Morgan fingerprint density at radius 3 is 1.16 bits per heavy atom. The molecule has 0 aliphatic rings. The molecular weight excluding hydrogens is 528 g/mol. The van der Waals surface area contributed by atoms with E-state index >= 15 is 0 Å². The summed E-state index contributed by atoms with van der Waals surface area (Å²) in [5.74, 6) is 0. The van der Waals surface area contributed by atoms with Crippen molar-refractivity contribution in [2.45, 2.75) is 0 Å². The van der Waals surface area contributed by atoms with E-state index < -0.39 is 0 Å². The molecule has 9 aromatic carbocycles. The fourth-order valence-corrected chi connectivity index (χ4v) is 7.09. The molecule has 0 radical (unpaired) electrons. The molecule has 0 heterocycles. The van der Waals surface area contributed by atoms with Crippen molar-refractivity contribution in [1.82, 2.24) is 0 Å². The van der Waals surface area contributed by atoms with Crippen molar-refractivity contribution >= 4 is 43.1 Å². The highest BCUT2D eigenvalue weighted by molar-refractivity contribution is 6.24. The minimum Gasteiger partial charge on any atom is -0.0622 e. The summed E-state index contributed by atoms with van der Waals surface area (Å²) < 4.78 is 0. The van der Waals surface area contributed by atoms with Gasteiger partial charge in [0, 0.05) is 0 Å². The van der Waals surface area contributed by atoms with Crippen LogP contribution in [-0.2, 0) is 0 Å². The smallest absolute Gasteiger partial charge is 0.00264 e. The molecule has 0 aliphatic heterocycles. The minimum atomic E-state index is 1.22. The molecule has 0 amide bonds. The summed E-state index contributed by atoms with van der Waals surface area (Å²) in [6.45, 7) is 0. The van der Waals surface area contributed by atoms with Crippen molar-refractivity contribution in [3.05, 3.63) is 170 Å². The fraction of sp³-hybridized carbons (Fsp3) is 0. The average Bonchev–Trinajstić information content (AvgIpc) is 3.10. The zero-order valence-corrected chi connectivity index (χ0v) is 24.2. The van der Waals surface area contributed by atoms with E-state index in [0.29, 0.717) is 0 Å². The first kappa shape index (κ1) is 24.8. The van der Waals surface area contributed by atoms with Crippen molar-refractivity contribution < 1.29 is 0 Å². The molecule has 0 nitrogen and oxygen atoms in total. The average molecular weight is 557 g/mol. The molecule has 0 heteroatoms. The Balaban J connectivity index is 1.26. The molecule has 0 fully saturated rings. The van der Waals surface area contributed by atoms with Gasteiger partial charge in [-0.05, 0) is 118 Å². The first-order valence-corrected chi connectivity index (χ1v) is 15.3. The lowest BCUT2D eigenvalue weighted by Gasteiger charge is -2.16. The standard InChI is InChI=1S/C44H28/c1-3-10-29(11-4-1)35-26-36(30-12-5-2-6-13-30)28-38(27-35)40-23-22-39(41-16-7-8-17-42(40)41)37-24-33-20-18-31-14-9-15-32-19-21-34(25-37)44(33)43(31)32/h1-28H. The Morgan fingerprint density at radius 1 is 0.227 bits per heavy atom. The van der Waals surface area contributed by atoms with Crippen LogP contribution >= 0.6 is 0 Å². The SMILES string of the molecule is c1ccc(-c2cc(-c3ccccc3)cc(-c3ccc(-c4cc5ccc6cccc7ccc(c4)c5c67)c4ccccc34)c2)cc1. The lowest BCUT2D eigenvalue weighted by Crippen LogP contribution is -1.90. The Kier molecular flexibility index (Phi) is 5.61. The van der Waals surface area contributed by atoms with E-state index in [1.807, 2.05) is 0 Å². The maximum absolute atomic E-state index is 2.37. The fourth-order valence-electron chi connectivity index (χ4n) is 7.09. The van der Waals surface area contributed by atoms with Crippen LogP contribution in [0, 0.1) is 0 Å². The molecule has 0 aromatic heterocycles. The van der Waals surface area contributed by atoms with Crippen molar-refractivity contribution in [1.29, 1.82) is 0 Å². The van der Waals surface area contributed by atoms with Gasteiger partial charge in [0.05, 0.1) is 0 Å². The molecule has 0 spiro atoms. The topological polar surface area (TPSA) is 0 Å². The van der Waals surface area contributed by atoms with E-state index in [0.717, 1.165) is 0 Å². The van der Waals surface area contributed by atoms with E-state index in [-0.39, 0.29) is 0 Å². The first-order valence-electron chi connectivity index (χ1n) is 15.3. The van der Waals surface area contributed by atoms with Crippen molar-refractivity contribution in [2.75, 3.05) is 0 Å². The van der Waals surface area contributed by atoms with Crippen LogP contribution in [0.3, 0.4) is 0 Å². The maximum Gasteiger partial charge on any atom is -0.00264 e. The molecule has 0 unspecified atom stereocenters. The predicted octanol–water partition coefficient (Wildman–Crippen LogP) is 12.4. The summed E-state index contributed by atoms with van der Waals surface area (Å²) >= 11 is 0. The molecule has 0 saturated heterocycles. The van der Waals surface area contributed by atoms with Crippen LogP contribution in [0.4, 0.5) is 0 Å². The van der Waals surface area contributed by atoms with Crippen LogP contribution < -0.4 is 0 Å². The summed E-state index contributed by atoms with van der Waals surface area (Å²) in [4.78, 5) is 0. The molecular formula is C44H28. The second-order valence-corrected chi connectivity index (χ2v) is 11.7. The van der Waals surface area contributed by atoms with Crippen molar-refractivity contribution in [2.24, 2.45) is 0 Å². The van der Waals surface area contributed by atoms with E-state index in [4.69, 9.17) is 0 Å². The molecule has 204 valence electrons. The highest BCUT2D eigenvalue weighted by atomic mass is 14.2. The number of hydrogen-bond acceptors (Lipinski definition) is 0. The van der Waals surface area contributed by atoms with Gasteiger partial charge in [0.25, 0.3) is 0 Å². The third-order valence-corrected chi connectivity index (χ3v) is 9.16. The van der Waals surface area contributed by atoms with Gasteiger partial charge in [0.15, 0.2) is 0 Å². The minimum absolute atomic E-state index is 1.22. The van der Waals surface area contributed by atoms with Crippen LogP contribution in [0.25, 0.3) is 87.6 Å². The Labute approximate surface area is 256 Å². The van der Waals surface area contributed by atoms with Gasteiger partial charge in [-0.2, -0.15) is 0 Å². The molecule has 9 aromatic rings. The Bertz CT molecular complexity index is 2350. The molecule has 44 heavy (non-hydrogen) atoms. The number of hydrogen-bond donors (Lipinski definition) is 0. The zero-order chi connectivity index (χ0) is 29.0. The first-order chi connectivity index (χ1) is 21.8. The second kappa shape index (κ2) is 9.93. The van der Waals surface area contributed by atoms with E-state index in [1.54, 1.807) is 0 Å². The summed E-state index contributed by atoms with van der Waals surface area (Å²) in [6, 6.07) is 62.4. The van der Waals surface area contributed by atoms with Crippen LogP contribution in [0.5, 0.6) is 0 Å². The van der Waals surface area contributed by atoms with Gasteiger partial charge in [0.2, 0.25) is 0 Å². The Hall–Kier alpha value is -5.72. The quantitative estimate of drug-likeness (QED) is 0.189. The molecule has 0 N–H and O–H groups in total. The lowest BCUT2D eigenvalue weighted by atomic mass is 9.87. The highest BCUT2D eigenvalue weighted by Gasteiger charge is 2.15. The lowest BCUT2D eigenvalue weighted by molar-refractivity contribution is 1.57. The maximum atomic E-state index is 2.37. The highest BCUT2D eigenvalue weighted by Crippen LogP contribution is 2.42. The molecule has 0 aliphatic carbocycles. The van der Waals surface area contributed by atoms with Gasteiger partial charge in [-0.15, -0.1) is 0 Å². The molecule has 9 rings (SSSR count). The van der Waals surface area contributed by atoms with E-state index in [9.17, 15) is 0 Å². The zero-order valence-electron chi connectivity index (χ0n) is 24.2.